The SMILES string of the molecule is c1cc2cccc3c2c(c1)n1c2ccccc2n2c4cccc5cccc(c54)n4c5ccccc5n3c1c24. The fourth-order valence-electron chi connectivity index (χ4n) is 7.07. The minimum atomic E-state index is 1.17. The van der Waals surface area contributed by atoms with Gasteiger partial charge in [-0.05, 0) is 59.3 Å². The molecule has 0 spiro atoms. The maximum absolute atomic E-state index is 2.48. The summed E-state index contributed by atoms with van der Waals surface area (Å²) in [5, 5.41) is 5.07. The highest BCUT2D eigenvalue weighted by molar-refractivity contribution is 6.15. The molecule has 38 heavy (non-hydrogen) atoms. The number of hydrogen-bond donors (Lipinski definition) is 0. The van der Waals surface area contributed by atoms with Gasteiger partial charge >= 0.3 is 0 Å². The normalized spacial score (nSPS) is 12.7. The van der Waals surface area contributed by atoms with Crippen LogP contribution in [0, 0.1) is 0 Å². The molecule has 0 amide bonds. The lowest BCUT2D eigenvalue weighted by atomic mass is 10.0. The number of benzene rings is 6. The summed E-state index contributed by atoms with van der Waals surface area (Å²) < 4.78 is 9.92. The maximum Gasteiger partial charge on any atom is 0.166 e. The lowest BCUT2D eigenvalue weighted by molar-refractivity contribution is 1.07. The van der Waals surface area contributed by atoms with Gasteiger partial charge in [-0.2, -0.15) is 0 Å². The molecular weight excluding hydrogens is 464 g/mol. The van der Waals surface area contributed by atoms with Crippen molar-refractivity contribution in [1.82, 2.24) is 17.6 Å². The van der Waals surface area contributed by atoms with Crippen LogP contribution < -0.4 is 0 Å². The van der Waals surface area contributed by atoms with Crippen LogP contribution in [0.3, 0.4) is 0 Å². The van der Waals surface area contributed by atoms with Gasteiger partial charge in [0.15, 0.2) is 11.3 Å². The Balaban J connectivity index is 1.77. The Morgan fingerprint density at radius 2 is 0.526 bits per heavy atom. The molecule has 0 N–H and O–H groups in total. The van der Waals surface area contributed by atoms with Crippen molar-refractivity contribution in [3.8, 4) is 0 Å². The summed E-state index contributed by atoms with van der Waals surface area (Å²) in [4.78, 5) is 0. The number of rotatable bonds is 0. The molecule has 0 unspecified atom stereocenters. The largest absolute Gasteiger partial charge is 0.290 e. The van der Waals surface area contributed by atoms with Gasteiger partial charge in [-0.3, -0.25) is 17.6 Å². The van der Waals surface area contributed by atoms with Crippen molar-refractivity contribution in [2.45, 2.75) is 0 Å². The quantitative estimate of drug-likeness (QED) is 0.152. The van der Waals surface area contributed by atoms with Gasteiger partial charge in [0.25, 0.3) is 0 Å². The highest BCUT2D eigenvalue weighted by atomic mass is 15.2. The second kappa shape index (κ2) is 6.36. The Morgan fingerprint density at radius 1 is 0.263 bits per heavy atom. The van der Waals surface area contributed by atoms with Crippen molar-refractivity contribution >= 4 is 77.0 Å². The minimum Gasteiger partial charge on any atom is -0.290 e. The molecule has 0 atom stereocenters. The molecule has 4 heteroatoms. The fraction of sp³-hybridized carbons (Fsp3) is 0. The molecule has 4 aromatic heterocycles. The van der Waals surface area contributed by atoms with Gasteiger partial charge in [-0.15, -0.1) is 0 Å². The van der Waals surface area contributed by atoms with E-state index in [2.05, 4.69) is 139 Å². The van der Waals surface area contributed by atoms with Gasteiger partial charge in [0.2, 0.25) is 0 Å². The summed E-state index contributed by atoms with van der Waals surface area (Å²) in [6.07, 6.45) is 0. The smallest absolute Gasteiger partial charge is 0.166 e. The van der Waals surface area contributed by atoms with Crippen molar-refractivity contribution in [3.63, 3.8) is 0 Å². The van der Waals surface area contributed by atoms with Crippen LogP contribution in [0.25, 0.3) is 77.0 Å². The summed E-state index contributed by atoms with van der Waals surface area (Å²) in [6.45, 7) is 0. The summed E-state index contributed by atoms with van der Waals surface area (Å²) in [7, 11) is 0. The lowest BCUT2D eigenvalue weighted by Crippen LogP contribution is -2.14. The van der Waals surface area contributed by atoms with Crippen LogP contribution in [0.1, 0.15) is 0 Å². The highest BCUT2D eigenvalue weighted by Gasteiger charge is 2.23. The van der Waals surface area contributed by atoms with E-state index in [4.69, 9.17) is 0 Å². The average Bonchev–Trinajstić information content (AvgIpc) is 2.98. The fourth-order valence-corrected chi connectivity index (χ4v) is 7.07. The first-order valence-electron chi connectivity index (χ1n) is 13.1. The Kier molecular flexibility index (Phi) is 3.18. The average molecular weight is 485 g/mol. The van der Waals surface area contributed by atoms with E-state index in [1.807, 2.05) is 0 Å². The van der Waals surface area contributed by atoms with Crippen molar-refractivity contribution in [2.24, 2.45) is 0 Å². The van der Waals surface area contributed by atoms with E-state index in [1.54, 1.807) is 0 Å². The molecule has 4 nitrogen and oxygen atoms in total. The van der Waals surface area contributed by atoms with Gasteiger partial charge in [0.05, 0.1) is 44.1 Å². The number of fused-ring (bicyclic) bond motifs is 10. The van der Waals surface area contributed by atoms with Crippen LogP contribution in [0.4, 0.5) is 0 Å². The number of nitrogens with zero attached hydrogens (tertiary/aromatic N) is 4. The first-order chi connectivity index (χ1) is 18.9. The van der Waals surface area contributed by atoms with Crippen LogP contribution >= 0.6 is 0 Å². The Bertz CT molecular complexity index is 2270. The standard InChI is InChI=1S/C34H20N4/c1-2-14-24-23(13-1)35-27-17-5-9-21-10-7-19-29(31(21)27)37-25-15-3-4-16-26(25)38-30-20-8-12-22-11-6-18-28(32(22)30)36(24)34(38)33(35)37/h1-20H. The molecule has 10 aromatic rings. The van der Waals surface area contributed by atoms with E-state index in [0.29, 0.717) is 0 Å². The third-order valence-corrected chi connectivity index (χ3v) is 8.46. The van der Waals surface area contributed by atoms with E-state index in [-0.39, 0.29) is 0 Å². The number of aromatic nitrogens is 4. The Hall–Kier alpha value is -5.22. The van der Waals surface area contributed by atoms with Gasteiger partial charge in [0, 0.05) is 10.8 Å². The maximum atomic E-state index is 2.48. The molecule has 0 aliphatic rings. The second-order valence-electron chi connectivity index (χ2n) is 10.3. The summed E-state index contributed by atoms with van der Waals surface area (Å²) in [6, 6.07) is 44.4. The van der Waals surface area contributed by atoms with E-state index < -0.39 is 0 Å². The van der Waals surface area contributed by atoms with Crippen LogP contribution in [0.2, 0.25) is 0 Å². The van der Waals surface area contributed by atoms with Crippen molar-refractivity contribution in [2.75, 3.05) is 0 Å². The minimum absolute atomic E-state index is 1.17. The summed E-state index contributed by atoms with van der Waals surface area (Å²) in [5.74, 6) is 0. The zero-order valence-electron chi connectivity index (χ0n) is 20.3. The molecule has 0 bridgehead atoms. The second-order valence-corrected chi connectivity index (χ2v) is 10.3. The lowest BCUT2D eigenvalue weighted by Gasteiger charge is -2.26. The molecule has 0 saturated heterocycles. The third kappa shape index (κ3) is 2.00. The van der Waals surface area contributed by atoms with Gasteiger partial charge in [-0.25, -0.2) is 0 Å². The monoisotopic (exact) mass is 484 g/mol. The molecule has 0 fully saturated rings. The van der Waals surface area contributed by atoms with Crippen LogP contribution in [0.15, 0.2) is 121 Å². The number of para-hydroxylation sites is 4. The van der Waals surface area contributed by atoms with E-state index in [9.17, 15) is 0 Å². The molecule has 10 rings (SSSR count). The topological polar surface area (TPSA) is 17.6 Å². The molecule has 4 heterocycles. The summed E-state index contributed by atoms with van der Waals surface area (Å²) in [5.41, 5.74) is 12.0. The van der Waals surface area contributed by atoms with Crippen LogP contribution in [-0.4, -0.2) is 17.6 Å². The van der Waals surface area contributed by atoms with E-state index >= 15 is 0 Å². The van der Waals surface area contributed by atoms with Crippen molar-refractivity contribution < 1.29 is 0 Å². The van der Waals surface area contributed by atoms with Gasteiger partial charge < -0.3 is 0 Å². The van der Waals surface area contributed by atoms with Gasteiger partial charge in [-0.1, -0.05) is 72.8 Å². The molecule has 0 radical (unpaired) electrons. The predicted molar refractivity (Wildman–Crippen MR) is 158 cm³/mol. The first kappa shape index (κ1) is 19.0. The summed E-state index contributed by atoms with van der Waals surface area (Å²) >= 11 is 0. The first-order valence-corrected chi connectivity index (χ1v) is 13.1. The molecule has 176 valence electrons. The van der Waals surface area contributed by atoms with Crippen LogP contribution in [0.5, 0.6) is 0 Å². The van der Waals surface area contributed by atoms with Crippen molar-refractivity contribution in [1.29, 1.82) is 0 Å². The predicted octanol–water partition coefficient (Wildman–Crippen LogP) is 8.46. The van der Waals surface area contributed by atoms with Crippen LogP contribution in [-0.2, 0) is 0 Å². The van der Waals surface area contributed by atoms with E-state index in [1.165, 1.54) is 77.0 Å². The van der Waals surface area contributed by atoms with Crippen molar-refractivity contribution in [3.05, 3.63) is 121 Å². The highest BCUT2D eigenvalue weighted by Crippen LogP contribution is 2.39. The Labute approximate surface area is 215 Å². The number of hydrogen-bond acceptors (Lipinski definition) is 0. The molecule has 6 aromatic carbocycles. The molecule has 0 saturated carbocycles. The molecular formula is C34H20N4. The van der Waals surface area contributed by atoms with E-state index in [0.717, 1.165) is 0 Å². The molecule has 0 aliphatic heterocycles. The molecule has 0 aliphatic carbocycles. The zero-order chi connectivity index (χ0) is 24.5. The third-order valence-electron chi connectivity index (χ3n) is 8.46. The zero-order valence-corrected chi connectivity index (χ0v) is 20.3. The van der Waals surface area contributed by atoms with Gasteiger partial charge in [0.1, 0.15) is 0 Å². The Morgan fingerprint density at radius 3 is 0.816 bits per heavy atom.